The molecule has 1 N–H and O–H groups in total. The van der Waals surface area contributed by atoms with Gasteiger partial charge in [-0.25, -0.2) is 4.98 Å². The lowest BCUT2D eigenvalue weighted by molar-refractivity contribution is 0.474. The second kappa shape index (κ2) is 5.80. The highest BCUT2D eigenvalue weighted by Crippen LogP contribution is 2.28. The quantitative estimate of drug-likeness (QED) is 0.765. The Kier molecular flexibility index (Phi) is 3.86. The zero-order valence-corrected chi connectivity index (χ0v) is 12.5. The molecule has 0 saturated carbocycles. The monoisotopic (exact) mass is 318 g/mol. The van der Waals surface area contributed by atoms with Gasteiger partial charge in [-0.1, -0.05) is 35.3 Å². The van der Waals surface area contributed by atoms with Crippen LogP contribution in [-0.4, -0.2) is 14.7 Å². The van der Waals surface area contributed by atoms with E-state index in [-0.39, 0.29) is 5.75 Å². The van der Waals surface area contributed by atoms with Crippen LogP contribution in [0.15, 0.2) is 54.9 Å². The number of rotatable bonds is 3. The van der Waals surface area contributed by atoms with Crippen molar-refractivity contribution in [3.8, 4) is 17.1 Å². The topological polar surface area (TPSA) is 38.0 Å². The van der Waals surface area contributed by atoms with Crippen molar-refractivity contribution in [1.82, 2.24) is 9.55 Å². The minimum Gasteiger partial charge on any atom is -0.508 e. The summed E-state index contributed by atoms with van der Waals surface area (Å²) in [7, 11) is 0. The lowest BCUT2D eigenvalue weighted by atomic mass is 10.2. The summed E-state index contributed by atoms with van der Waals surface area (Å²) < 4.78 is 1.99. The highest BCUT2D eigenvalue weighted by Gasteiger charge is 2.09. The molecule has 0 aliphatic heterocycles. The number of hydrogen-bond acceptors (Lipinski definition) is 2. The molecule has 1 heterocycles. The Labute approximate surface area is 132 Å². The zero-order valence-electron chi connectivity index (χ0n) is 11.0. The molecule has 21 heavy (non-hydrogen) atoms. The number of phenols is 1. The van der Waals surface area contributed by atoms with Gasteiger partial charge in [-0.05, 0) is 35.9 Å². The number of aromatic nitrogens is 2. The average molecular weight is 319 g/mol. The van der Waals surface area contributed by atoms with Crippen molar-refractivity contribution in [1.29, 1.82) is 0 Å². The highest BCUT2D eigenvalue weighted by molar-refractivity contribution is 6.42. The van der Waals surface area contributed by atoms with E-state index in [1.807, 2.05) is 29.0 Å². The normalized spacial score (nSPS) is 10.8. The number of phenolic OH excluding ortho intramolecular Hbond substituents is 1. The first kappa shape index (κ1) is 14.0. The standard InChI is InChI=1S/C16H12Cl2N2O/c17-14-5-4-12(9-15(14)18)16-19-6-7-20(16)10-11-2-1-3-13(21)8-11/h1-9,21H,10H2. The van der Waals surface area contributed by atoms with Crippen LogP contribution in [0, 0.1) is 0 Å². The van der Waals surface area contributed by atoms with Crippen LogP contribution in [0.2, 0.25) is 10.0 Å². The molecule has 1 aromatic heterocycles. The number of aromatic hydroxyl groups is 1. The number of halogens is 2. The van der Waals surface area contributed by atoms with Crippen LogP contribution in [0.1, 0.15) is 5.56 Å². The third-order valence-corrected chi connectivity index (χ3v) is 3.90. The maximum atomic E-state index is 9.54. The average Bonchev–Trinajstić information content (AvgIpc) is 2.90. The molecule has 5 heteroatoms. The van der Waals surface area contributed by atoms with Gasteiger partial charge < -0.3 is 9.67 Å². The highest BCUT2D eigenvalue weighted by atomic mass is 35.5. The first-order valence-corrected chi connectivity index (χ1v) is 7.13. The summed E-state index contributed by atoms with van der Waals surface area (Å²) in [6.45, 7) is 0.615. The maximum Gasteiger partial charge on any atom is 0.140 e. The van der Waals surface area contributed by atoms with Gasteiger partial charge in [0, 0.05) is 24.5 Å². The molecular formula is C16H12Cl2N2O. The summed E-state index contributed by atoms with van der Waals surface area (Å²) in [5, 5.41) is 10.6. The third-order valence-electron chi connectivity index (χ3n) is 3.16. The Morgan fingerprint density at radius 3 is 2.67 bits per heavy atom. The molecule has 0 amide bonds. The molecule has 0 saturated heterocycles. The van der Waals surface area contributed by atoms with Crippen molar-refractivity contribution < 1.29 is 5.11 Å². The van der Waals surface area contributed by atoms with Crippen molar-refractivity contribution >= 4 is 23.2 Å². The second-order valence-corrected chi connectivity index (χ2v) is 5.49. The molecule has 0 fully saturated rings. The minimum absolute atomic E-state index is 0.253. The van der Waals surface area contributed by atoms with Crippen molar-refractivity contribution in [3.05, 3.63) is 70.5 Å². The van der Waals surface area contributed by atoms with Gasteiger partial charge in [0.05, 0.1) is 10.0 Å². The predicted molar refractivity (Wildman–Crippen MR) is 84.9 cm³/mol. The van der Waals surface area contributed by atoms with Crippen molar-refractivity contribution in [2.75, 3.05) is 0 Å². The van der Waals surface area contributed by atoms with Crippen LogP contribution in [0.5, 0.6) is 5.75 Å². The molecule has 106 valence electrons. The fourth-order valence-corrected chi connectivity index (χ4v) is 2.48. The van der Waals surface area contributed by atoms with Gasteiger partial charge in [-0.3, -0.25) is 0 Å². The lowest BCUT2D eigenvalue weighted by Crippen LogP contribution is -2.01. The third kappa shape index (κ3) is 3.04. The van der Waals surface area contributed by atoms with Gasteiger partial charge >= 0.3 is 0 Å². The number of nitrogens with zero attached hydrogens (tertiary/aromatic N) is 2. The first-order chi connectivity index (χ1) is 10.1. The van der Waals surface area contributed by atoms with E-state index in [1.54, 1.807) is 30.5 Å². The Morgan fingerprint density at radius 1 is 1.05 bits per heavy atom. The van der Waals surface area contributed by atoms with E-state index in [0.717, 1.165) is 17.0 Å². The number of hydrogen-bond donors (Lipinski definition) is 1. The summed E-state index contributed by atoms with van der Waals surface area (Å²) in [4.78, 5) is 4.37. The van der Waals surface area contributed by atoms with E-state index in [2.05, 4.69) is 4.98 Å². The Bertz CT molecular complexity index is 783. The van der Waals surface area contributed by atoms with E-state index >= 15 is 0 Å². The van der Waals surface area contributed by atoms with E-state index in [9.17, 15) is 5.11 Å². The molecule has 0 aliphatic carbocycles. The number of imidazole rings is 1. The van der Waals surface area contributed by atoms with Crippen molar-refractivity contribution in [2.24, 2.45) is 0 Å². The van der Waals surface area contributed by atoms with Gasteiger partial charge in [0.25, 0.3) is 0 Å². The van der Waals surface area contributed by atoms with Crippen LogP contribution in [-0.2, 0) is 6.54 Å². The first-order valence-electron chi connectivity index (χ1n) is 6.38. The summed E-state index contributed by atoms with van der Waals surface area (Å²) in [5.41, 5.74) is 1.89. The smallest absolute Gasteiger partial charge is 0.140 e. The van der Waals surface area contributed by atoms with Crippen LogP contribution in [0.4, 0.5) is 0 Å². The van der Waals surface area contributed by atoms with Gasteiger partial charge in [-0.2, -0.15) is 0 Å². The summed E-state index contributed by atoms with van der Waals surface area (Å²) in [6, 6.07) is 12.6. The van der Waals surface area contributed by atoms with E-state index in [4.69, 9.17) is 23.2 Å². The summed E-state index contributed by atoms with van der Waals surface area (Å²) in [5.74, 6) is 1.06. The van der Waals surface area contributed by atoms with Crippen LogP contribution < -0.4 is 0 Å². The molecule has 0 bridgehead atoms. The van der Waals surface area contributed by atoms with Crippen molar-refractivity contribution in [2.45, 2.75) is 6.54 Å². The molecule has 0 atom stereocenters. The van der Waals surface area contributed by atoms with Crippen LogP contribution >= 0.6 is 23.2 Å². The Balaban J connectivity index is 1.95. The predicted octanol–water partition coefficient (Wildman–Crippen LogP) is 4.61. The maximum absolute atomic E-state index is 9.54. The van der Waals surface area contributed by atoms with Crippen LogP contribution in [0.25, 0.3) is 11.4 Å². The van der Waals surface area contributed by atoms with Gasteiger partial charge in [0.1, 0.15) is 11.6 Å². The van der Waals surface area contributed by atoms with Gasteiger partial charge in [0.15, 0.2) is 0 Å². The van der Waals surface area contributed by atoms with Crippen molar-refractivity contribution in [3.63, 3.8) is 0 Å². The number of benzene rings is 2. The fraction of sp³-hybridized carbons (Fsp3) is 0.0625. The molecule has 3 aromatic rings. The SMILES string of the molecule is Oc1cccc(Cn2ccnc2-c2ccc(Cl)c(Cl)c2)c1. The molecule has 0 aliphatic rings. The molecule has 3 nitrogen and oxygen atoms in total. The second-order valence-electron chi connectivity index (χ2n) is 4.68. The molecule has 0 spiro atoms. The molecule has 2 aromatic carbocycles. The molecule has 0 radical (unpaired) electrons. The summed E-state index contributed by atoms with van der Waals surface area (Å²) >= 11 is 12.0. The van der Waals surface area contributed by atoms with Crippen LogP contribution in [0.3, 0.4) is 0 Å². The largest absolute Gasteiger partial charge is 0.508 e. The summed E-state index contributed by atoms with van der Waals surface area (Å²) in [6.07, 6.45) is 3.63. The Morgan fingerprint density at radius 2 is 1.90 bits per heavy atom. The minimum atomic E-state index is 0.253. The van der Waals surface area contributed by atoms with E-state index < -0.39 is 0 Å². The van der Waals surface area contributed by atoms with E-state index in [1.165, 1.54) is 0 Å². The van der Waals surface area contributed by atoms with E-state index in [0.29, 0.717) is 16.6 Å². The molecular weight excluding hydrogens is 307 g/mol. The zero-order chi connectivity index (χ0) is 14.8. The Hall–Kier alpha value is -1.97. The molecule has 0 unspecified atom stereocenters. The molecule has 3 rings (SSSR count). The fourth-order valence-electron chi connectivity index (χ4n) is 2.18. The van der Waals surface area contributed by atoms with Gasteiger partial charge in [0.2, 0.25) is 0 Å². The van der Waals surface area contributed by atoms with Gasteiger partial charge in [-0.15, -0.1) is 0 Å². The lowest BCUT2D eigenvalue weighted by Gasteiger charge is -2.09.